The van der Waals surface area contributed by atoms with Crippen LogP contribution in [0.15, 0.2) is 22.1 Å². The quantitative estimate of drug-likeness (QED) is 0.881. The van der Waals surface area contributed by atoms with Gasteiger partial charge in [0.25, 0.3) is 0 Å². The Morgan fingerprint density at radius 2 is 2.21 bits per heavy atom. The summed E-state index contributed by atoms with van der Waals surface area (Å²) in [6, 6.07) is 5.01. The van der Waals surface area contributed by atoms with Crippen LogP contribution in [-0.2, 0) is 0 Å². The van der Waals surface area contributed by atoms with E-state index in [0.717, 1.165) is 5.56 Å². The first-order valence-electron chi connectivity index (χ1n) is 5.27. The highest BCUT2D eigenvalue weighted by Gasteiger charge is 2.15. The number of urea groups is 1. The molecule has 0 bridgehead atoms. The van der Waals surface area contributed by atoms with Crippen molar-refractivity contribution in [3.05, 3.63) is 32.7 Å². The van der Waals surface area contributed by atoms with Gasteiger partial charge in [-0.25, -0.2) is 4.79 Å². The van der Waals surface area contributed by atoms with Crippen LogP contribution in [0.3, 0.4) is 0 Å². The Labute approximate surface area is 127 Å². The molecule has 0 saturated carbocycles. The second kappa shape index (κ2) is 5.85. The molecule has 0 unspecified atom stereocenters. The van der Waals surface area contributed by atoms with Gasteiger partial charge in [0.2, 0.25) is 5.13 Å². The molecule has 19 heavy (non-hydrogen) atoms. The Morgan fingerprint density at radius 1 is 1.47 bits per heavy atom. The van der Waals surface area contributed by atoms with E-state index in [1.54, 1.807) is 19.2 Å². The molecule has 100 valence electrons. The van der Waals surface area contributed by atoms with Gasteiger partial charge in [0.15, 0.2) is 3.92 Å². The van der Waals surface area contributed by atoms with Gasteiger partial charge in [0.05, 0.1) is 0 Å². The molecule has 0 aliphatic heterocycles. The van der Waals surface area contributed by atoms with E-state index in [2.05, 4.69) is 31.4 Å². The predicted octanol–water partition coefficient (Wildman–Crippen LogP) is 3.93. The summed E-state index contributed by atoms with van der Waals surface area (Å²) in [5, 5.41) is 11.6. The average molecular weight is 362 g/mol. The zero-order chi connectivity index (χ0) is 14.0. The lowest BCUT2D eigenvalue weighted by molar-refractivity contribution is 0.258. The second-order valence-corrected chi connectivity index (χ2v) is 6.43. The highest BCUT2D eigenvalue weighted by atomic mass is 79.9. The molecule has 2 rings (SSSR count). The molecule has 8 heteroatoms. The van der Waals surface area contributed by atoms with Crippen LogP contribution < -0.4 is 10.2 Å². The highest BCUT2D eigenvalue weighted by molar-refractivity contribution is 9.11. The fourth-order valence-corrected chi connectivity index (χ4v) is 2.52. The molecule has 2 aromatic rings. The van der Waals surface area contributed by atoms with E-state index in [4.69, 9.17) is 11.6 Å². The predicted molar refractivity (Wildman–Crippen MR) is 81.2 cm³/mol. The van der Waals surface area contributed by atoms with Crippen molar-refractivity contribution >= 4 is 55.7 Å². The smallest absolute Gasteiger partial charge is 0.307 e. The molecular weight excluding hydrogens is 352 g/mol. The van der Waals surface area contributed by atoms with E-state index < -0.39 is 0 Å². The summed E-state index contributed by atoms with van der Waals surface area (Å²) in [6.07, 6.45) is 0. The van der Waals surface area contributed by atoms with Gasteiger partial charge in [-0.3, -0.25) is 4.90 Å². The first-order valence-corrected chi connectivity index (χ1v) is 7.26. The Bertz CT molecular complexity index is 618. The third-order valence-corrected chi connectivity index (χ3v) is 4.25. The fraction of sp³-hybridized carbons (Fsp3) is 0.182. The second-order valence-electron chi connectivity index (χ2n) is 3.79. The molecule has 0 radical (unpaired) electrons. The Hall–Kier alpha value is -1.18. The molecule has 0 aliphatic carbocycles. The molecule has 5 nitrogen and oxygen atoms in total. The third kappa shape index (κ3) is 3.43. The summed E-state index contributed by atoms with van der Waals surface area (Å²) in [5.41, 5.74) is 1.59. The summed E-state index contributed by atoms with van der Waals surface area (Å²) in [7, 11) is 1.63. The lowest BCUT2D eigenvalue weighted by Crippen LogP contribution is -2.31. The molecule has 1 heterocycles. The summed E-state index contributed by atoms with van der Waals surface area (Å²) < 4.78 is 0.629. The molecule has 0 fully saturated rings. The zero-order valence-electron chi connectivity index (χ0n) is 10.1. The van der Waals surface area contributed by atoms with Crippen molar-refractivity contribution in [2.24, 2.45) is 0 Å². The van der Waals surface area contributed by atoms with Crippen molar-refractivity contribution in [2.45, 2.75) is 6.92 Å². The van der Waals surface area contributed by atoms with Gasteiger partial charge in [-0.15, -0.1) is 10.2 Å². The maximum Gasteiger partial charge on any atom is 0.327 e. The normalized spacial score (nSPS) is 10.3. The van der Waals surface area contributed by atoms with Gasteiger partial charge in [-0.1, -0.05) is 22.9 Å². The van der Waals surface area contributed by atoms with Gasteiger partial charge < -0.3 is 5.32 Å². The van der Waals surface area contributed by atoms with Crippen molar-refractivity contribution in [1.29, 1.82) is 0 Å². The zero-order valence-corrected chi connectivity index (χ0v) is 13.3. The van der Waals surface area contributed by atoms with Crippen molar-refractivity contribution < 1.29 is 4.79 Å². The number of hydrogen-bond acceptors (Lipinski definition) is 4. The average Bonchev–Trinajstić information content (AvgIpc) is 2.79. The standard InChI is InChI=1S/C11H10BrClN4OS/c1-6-5-7(3-4-8(6)13)14-10(18)17(2)11-16-15-9(12)19-11/h3-5H,1-2H3,(H,14,18). The molecule has 0 atom stereocenters. The van der Waals surface area contributed by atoms with Crippen LogP contribution in [0.25, 0.3) is 0 Å². The Balaban J connectivity index is 2.10. The molecular formula is C11H10BrClN4OS. The van der Waals surface area contributed by atoms with Crippen LogP contribution in [0.4, 0.5) is 15.6 Å². The number of nitrogens with zero attached hydrogens (tertiary/aromatic N) is 3. The van der Waals surface area contributed by atoms with Crippen LogP contribution >= 0.6 is 38.9 Å². The van der Waals surface area contributed by atoms with Crippen LogP contribution in [-0.4, -0.2) is 23.3 Å². The number of hydrogen-bond donors (Lipinski definition) is 1. The number of carbonyl (C=O) groups is 1. The number of amides is 2. The largest absolute Gasteiger partial charge is 0.327 e. The van der Waals surface area contributed by atoms with Gasteiger partial charge in [-0.2, -0.15) is 0 Å². The number of halogens is 2. The van der Waals surface area contributed by atoms with Crippen molar-refractivity contribution in [2.75, 3.05) is 17.3 Å². The summed E-state index contributed by atoms with van der Waals surface area (Å²) in [4.78, 5) is 13.4. The maximum atomic E-state index is 12.0. The van der Waals surface area contributed by atoms with Gasteiger partial charge in [0, 0.05) is 17.8 Å². The number of benzene rings is 1. The van der Waals surface area contributed by atoms with Crippen molar-refractivity contribution in [1.82, 2.24) is 10.2 Å². The molecule has 1 aromatic carbocycles. The molecule has 0 spiro atoms. The van der Waals surface area contributed by atoms with Crippen molar-refractivity contribution in [3.8, 4) is 0 Å². The number of anilines is 2. The van der Waals surface area contributed by atoms with Crippen molar-refractivity contribution in [3.63, 3.8) is 0 Å². The molecule has 0 aliphatic rings. The van der Waals surface area contributed by atoms with E-state index in [0.29, 0.717) is 19.8 Å². The van der Waals surface area contributed by atoms with E-state index in [1.165, 1.54) is 16.2 Å². The Morgan fingerprint density at radius 3 is 2.79 bits per heavy atom. The first-order chi connectivity index (χ1) is 8.97. The van der Waals surface area contributed by atoms with Crippen LogP contribution in [0.5, 0.6) is 0 Å². The topological polar surface area (TPSA) is 58.1 Å². The molecule has 2 amide bonds. The van der Waals surface area contributed by atoms with Crippen LogP contribution in [0, 0.1) is 6.92 Å². The van der Waals surface area contributed by atoms with Crippen LogP contribution in [0.1, 0.15) is 5.56 Å². The number of rotatable bonds is 2. The minimum atomic E-state index is -0.287. The van der Waals surface area contributed by atoms with E-state index in [-0.39, 0.29) is 6.03 Å². The van der Waals surface area contributed by atoms with E-state index in [9.17, 15) is 4.79 Å². The third-order valence-electron chi connectivity index (χ3n) is 2.39. The summed E-state index contributed by atoms with van der Waals surface area (Å²) >= 11 is 10.4. The summed E-state index contributed by atoms with van der Waals surface area (Å²) in [5.74, 6) is 0. The highest BCUT2D eigenvalue weighted by Crippen LogP contribution is 2.24. The molecule has 0 saturated heterocycles. The lowest BCUT2D eigenvalue weighted by Gasteiger charge is -2.14. The SMILES string of the molecule is Cc1cc(NC(=O)N(C)c2nnc(Br)s2)ccc1Cl. The van der Waals surface area contributed by atoms with E-state index in [1.807, 2.05) is 13.0 Å². The lowest BCUT2D eigenvalue weighted by atomic mass is 10.2. The minimum absolute atomic E-state index is 0.287. The first kappa shape index (κ1) is 14.2. The summed E-state index contributed by atoms with van der Waals surface area (Å²) in [6.45, 7) is 1.88. The van der Waals surface area contributed by atoms with Crippen LogP contribution in [0.2, 0.25) is 5.02 Å². The van der Waals surface area contributed by atoms with Gasteiger partial charge >= 0.3 is 6.03 Å². The fourth-order valence-electron chi connectivity index (χ4n) is 1.35. The maximum absolute atomic E-state index is 12.0. The number of nitrogens with one attached hydrogen (secondary N) is 1. The molecule has 1 N–H and O–H groups in total. The Kier molecular flexibility index (Phi) is 4.38. The molecule has 1 aromatic heterocycles. The number of aryl methyl sites for hydroxylation is 1. The minimum Gasteiger partial charge on any atom is -0.307 e. The van der Waals surface area contributed by atoms with Gasteiger partial charge in [0.1, 0.15) is 0 Å². The van der Waals surface area contributed by atoms with E-state index >= 15 is 0 Å². The van der Waals surface area contributed by atoms with Gasteiger partial charge in [-0.05, 0) is 46.6 Å². The number of carbonyl (C=O) groups excluding carboxylic acids is 1. The number of aromatic nitrogens is 2. The monoisotopic (exact) mass is 360 g/mol.